The SMILES string of the molecule is [Zr+3].[c-]1cccc2c1[Si]c1ccccc1-2.c1ccc(-c2cc3c(-c4ccccc4-c4cccc5ccccc45)cccc3[cH-]2)cc1.c1ccc(-c2cc3c(-c4ccccc4-c4cccc5ccccc45)cccc3[cH-]2)cc1. The molecule has 0 saturated heterocycles. The summed E-state index contributed by atoms with van der Waals surface area (Å²) in [6.07, 6.45) is 0. The summed E-state index contributed by atoms with van der Waals surface area (Å²) in [5, 5.41) is 13.1. The molecule has 76 heavy (non-hydrogen) atoms. The fourth-order valence-electron chi connectivity index (χ4n) is 11.1. The van der Waals surface area contributed by atoms with Crippen LogP contribution in [0.3, 0.4) is 0 Å². The quantitative estimate of drug-likeness (QED) is 0.115. The van der Waals surface area contributed by atoms with E-state index in [1.807, 2.05) is 6.07 Å². The second-order valence-electron chi connectivity index (χ2n) is 19.1. The average Bonchev–Trinajstić information content (AvgIpc) is 4.24. The smallest absolute Gasteiger partial charge is 0.184 e. The van der Waals surface area contributed by atoms with E-state index >= 15 is 0 Å². The molecule has 1 heterocycles. The van der Waals surface area contributed by atoms with Crippen LogP contribution in [0.4, 0.5) is 0 Å². The standard InChI is InChI=1S/2C31H21.C12H7Si.Zr/c2*1-2-10-22(11-3-1)25-20-24-14-9-19-30(31(24)21-25)29-17-7-6-16-28(29)27-18-8-13-23-12-4-5-15-26(23)27;1-3-7-11-9(5-1)10-6-2-4-8-12(10)13-11;/h2*1-21H;1-7H;/q3*-1;+3. The van der Waals surface area contributed by atoms with E-state index < -0.39 is 0 Å². The summed E-state index contributed by atoms with van der Waals surface area (Å²) < 4.78 is 0. The summed E-state index contributed by atoms with van der Waals surface area (Å²) in [7, 11) is 0.795. The van der Waals surface area contributed by atoms with E-state index in [1.54, 1.807) is 0 Å². The molecule has 3 radical (unpaired) electrons. The first-order valence-electron chi connectivity index (χ1n) is 25.7. The van der Waals surface area contributed by atoms with Gasteiger partial charge in [-0.15, -0.1) is 74.6 Å². The van der Waals surface area contributed by atoms with Crippen LogP contribution in [0.5, 0.6) is 0 Å². The second-order valence-corrected chi connectivity index (χ2v) is 20.4. The zero-order valence-electron chi connectivity index (χ0n) is 41.8. The molecule has 15 rings (SSSR count). The third kappa shape index (κ3) is 9.48. The van der Waals surface area contributed by atoms with Crippen molar-refractivity contribution in [3.63, 3.8) is 0 Å². The van der Waals surface area contributed by atoms with Crippen molar-refractivity contribution < 1.29 is 26.2 Å². The Balaban J connectivity index is 0.000000123. The van der Waals surface area contributed by atoms with Crippen molar-refractivity contribution in [2.24, 2.45) is 0 Å². The fraction of sp³-hybridized carbons (Fsp3) is 0. The number of hydrogen-bond acceptors (Lipinski definition) is 0. The predicted octanol–water partition coefficient (Wildman–Crippen LogP) is 18.5. The van der Waals surface area contributed by atoms with Crippen molar-refractivity contribution >= 4 is 63.0 Å². The van der Waals surface area contributed by atoms with Gasteiger partial charge in [0.25, 0.3) is 0 Å². The fourth-order valence-corrected chi connectivity index (χ4v) is 12.4. The van der Waals surface area contributed by atoms with Gasteiger partial charge in [-0.05, 0) is 54.9 Å². The van der Waals surface area contributed by atoms with Crippen LogP contribution in [-0.4, -0.2) is 9.52 Å². The molecule has 0 amide bonds. The van der Waals surface area contributed by atoms with E-state index in [9.17, 15) is 0 Å². The van der Waals surface area contributed by atoms with E-state index in [0.29, 0.717) is 0 Å². The van der Waals surface area contributed by atoms with Gasteiger partial charge in [0.05, 0.1) is 9.52 Å². The minimum atomic E-state index is 0. The normalized spacial score (nSPS) is 11.3. The molecule has 0 unspecified atom stereocenters. The molecule has 0 N–H and O–H groups in total. The van der Waals surface area contributed by atoms with Gasteiger partial charge in [-0.3, -0.25) is 0 Å². The summed E-state index contributed by atoms with van der Waals surface area (Å²) in [6.45, 7) is 0. The Labute approximate surface area is 466 Å². The Bertz CT molecular complexity index is 4040. The molecule has 14 aromatic carbocycles. The molecular formula is C74H49SiZr. The molecule has 0 atom stereocenters. The first kappa shape index (κ1) is 48.4. The molecule has 0 fully saturated rings. The van der Waals surface area contributed by atoms with E-state index in [4.69, 9.17) is 0 Å². The summed E-state index contributed by atoms with van der Waals surface area (Å²) in [5.41, 5.74) is 18.0. The van der Waals surface area contributed by atoms with Gasteiger partial charge in [0, 0.05) is 0 Å². The monoisotopic (exact) mass is 1060 g/mol. The largest absolute Gasteiger partial charge is 3.00 e. The van der Waals surface area contributed by atoms with Gasteiger partial charge in [0.15, 0.2) is 0 Å². The van der Waals surface area contributed by atoms with Gasteiger partial charge in [-0.1, -0.05) is 276 Å². The van der Waals surface area contributed by atoms with Gasteiger partial charge in [0.1, 0.15) is 0 Å². The molecule has 1 aliphatic rings. The second kappa shape index (κ2) is 21.7. The average molecular weight is 1060 g/mol. The predicted molar refractivity (Wildman–Crippen MR) is 322 cm³/mol. The maximum atomic E-state index is 3.31. The van der Waals surface area contributed by atoms with E-state index in [1.165, 1.54) is 131 Å². The van der Waals surface area contributed by atoms with Crippen molar-refractivity contribution in [2.75, 3.05) is 0 Å². The van der Waals surface area contributed by atoms with Crippen LogP contribution in [0.1, 0.15) is 0 Å². The first-order valence-corrected chi connectivity index (χ1v) is 26.7. The van der Waals surface area contributed by atoms with Crippen molar-refractivity contribution in [1.29, 1.82) is 0 Å². The van der Waals surface area contributed by atoms with Crippen LogP contribution < -0.4 is 10.4 Å². The summed E-state index contributed by atoms with van der Waals surface area (Å²) in [6, 6.07) is 110. The summed E-state index contributed by atoms with van der Waals surface area (Å²) in [5.74, 6) is 0. The zero-order valence-corrected chi connectivity index (χ0v) is 45.2. The van der Waals surface area contributed by atoms with Gasteiger partial charge in [-0.25, -0.2) is 0 Å². The van der Waals surface area contributed by atoms with Gasteiger partial charge in [0.2, 0.25) is 0 Å². The molecule has 2 heteroatoms. The Morgan fingerprint density at radius 3 is 1.12 bits per heavy atom. The van der Waals surface area contributed by atoms with Gasteiger partial charge >= 0.3 is 26.2 Å². The molecule has 1 aliphatic heterocycles. The summed E-state index contributed by atoms with van der Waals surface area (Å²) in [4.78, 5) is 0. The molecule has 0 aliphatic carbocycles. The molecule has 0 bridgehead atoms. The minimum Gasteiger partial charge on any atom is -0.184 e. The zero-order chi connectivity index (χ0) is 49.9. The maximum Gasteiger partial charge on any atom is 3.00 e. The van der Waals surface area contributed by atoms with Crippen LogP contribution in [0.2, 0.25) is 0 Å². The van der Waals surface area contributed by atoms with Crippen molar-refractivity contribution in [1.82, 2.24) is 0 Å². The van der Waals surface area contributed by atoms with Gasteiger partial charge in [-0.2, -0.15) is 29.5 Å². The third-order valence-corrected chi connectivity index (χ3v) is 16.0. The van der Waals surface area contributed by atoms with Crippen molar-refractivity contribution in [3.8, 4) is 77.9 Å². The van der Waals surface area contributed by atoms with E-state index in [2.05, 4.69) is 297 Å². The topological polar surface area (TPSA) is 0 Å². The Morgan fingerprint density at radius 1 is 0.276 bits per heavy atom. The number of hydrogen-bond donors (Lipinski definition) is 0. The van der Waals surface area contributed by atoms with Gasteiger partial charge < -0.3 is 0 Å². The van der Waals surface area contributed by atoms with Crippen LogP contribution in [0.25, 0.3) is 121 Å². The van der Waals surface area contributed by atoms with Crippen LogP contribution in [0, 0.1) is 6.07 Å². The third-order valence-electron chi connectivity index (χ3n) is 14.6. The van der Waals surface area contributed by atoms with Crippen LogP contribution in [0.15, 0.2) is 297 Å². The molecule has 0 saturated carbocycles. The van der Waals surface area contributed by atoms with Crippen LogP contribution in [-0.2, 0) is 26.2 Å². The summed E-state index contributed by atoms with van der Waals surface area (Å²) >= 11 is 0. The minimum absolute atomic E-state index is 0. The molecular weight excluding hydrogens is 1010 g/mol. The Hall–Kier alpha value is -8.52. The molecule has 353 valence electrons. The van der Waals surface area contributed by atoms with Crippen molar-refractivity contribution in [3.05, 3.63) is 303 Å². The Morgan fingerprint density at radius 2 is 0.632 bits per heavy atom. The molecule has 0 spiro atoms. The van der Waals surface area contributed by atoms with Crippen molar-refractivity contribution in [2.45, 2.75) is 0 Å². The van der Waals surface area contributed by atoms with E-state index in [0.717, 1.165) is 9.52 Å². The number of benzene rings is 12. The van der Waals surface area contributed by atoms with Crippen LogP contribution >= 0.6 is 0 Å². The van der Waals surface area contributed by atoms with E-state index in [-0.39, 0.29) is 26.2 Å². The molecule has 0 nitrogen and oxygen atoms in total. The first-order chi connectivity index (χ1) is 37.2. The number of rotatable bonds is 6. The molecule has 0 aromatic heterocycles. The maximum absolute atomic E-state index is 3.31. The number of fused-ring (bicyclic) bond motifs is 7. The molecule has 14 aromatic rings. The Kier molecular flexibility index (Phi) is 13.9.